The van der Waals surface area contributed by atoms with Gasteiger partial charge in [0.05, 0.1) is 7.11 Å². The first kappa shape index (κ1) is 15.6. The minimum absolute atomic E-state index is 0.466. The molecule has 0 unspecified atom stereocenters. The number of benzene rings is 1. The lowest BCUT2D eigenvalue weighted by Crippen LogP contribution is -2.39. The van der Waals surface area contributed by atoms with Gasteiger partial charge in [-0.1, -0.05) is 13.8 Å². The number of hydrogen-bond acceptors (Lipinski definition) is 4. The first-order chi connectivity index (χ1) is 10.2. The van der Waals surface area contributed by atoms with Gasteiger partial charge in [0.1, 0.15) is 11.6 Å². The third kappa shape index (κ3) is 3.27. The molecule has 1 aromatic carbocycles. The van der Waals surface area contributed by atoms with Crippen LogP contribution in [0.1, 0.15) is 26.7 Å². The predicted molar refractivity (Wildman–Crippen MR) is 89.1 cm³/mol. The second-order valence-corrected chi connectivity index (χ2v) is 5.17. The summed E-state index contributed by atoms with van der Waals surface area (Å²) >= 11 is 0. The lowest BCUT2D eigenvalue weighted by atomic mass is 10.1. The minimum Gasteiger partial charge on any atom is -0.497 e. The lowest BCUT2D eigenvalue weighted by Gasteiger charge is -2.32. The van der Waals surface area contributed by atoms with E-state index in [-0.39, 0.29) is 0 Å². The van der Waals surface area contributed by atoms with E-state index in [2.05, 4.69) is 29.8 Å². The Hall–Kier alpha value is -1.81. The SMILES string of the molecule is CCC(CC)N(CCN)c1nccc2cc(OC)ccc12. The number of anilines is 1. The fourth-order valence-corrected chi connectivity index (χ4v) is 2.83. The van der Waals surface area contributed by atoms with E-state index >= 15 is 0 Å². The molecule has 2 rings (SSSR count). The summed E-state index contributed by atoms with van der Waals surface area (Å²) in [6.07, 6.45) is 4.04. The van der Waals surface area contributed by atoms with Gasteiger partial charge in [-0.05, 0) is 42.5 Å². The Labute approximate surface area is 126 Å². The highest BCUT2D eigenvalue weighted by Gasteiger charge is 2.18. The highest BCUT2D eigenvalue weighted by Crippen LogP contribution is 2.29. The van der Waals surface area contributed by atoms with E-state index in [4.69, 9.17) is 10.5 Å². The van der Waals surface area contributed by atoms with Gasteiger partial charge in [-0.2, -0.15) is 0 Å². The van der Waals surface area contributed by atoms with Gasteiger partial charge in [-0.25, -0.2) is 4.98 Å². The molecule has 4 nitrogen and oxygen atoms in total. The highest BCUT2D eigenvalue weighted by atomic mass is 16.5. The number of rotatable bonds is 7. The first-order valence-electron chi connectivity index (χ1n) is 7.64. The van der Waals surface area contributed by atoms with Crippen LogP contribution in [0, 0.1) is 0 Å². The second kappa shape index (κ2) is 7.27. The molecule has 1 aromatic heterocycles. The molecule has 2 N–H and O–H groups in total. The Bertz CT molecular complexity index is 581. The molecular weight excluding hydrogens is 262 g/mol. The van der Waals surface area contributed by atoms with Crippen LogP contribution in [0.3, 0.4) is 0 Å². The molecule has 0 bridgehead atoms. The van der Waals surface area contributed by atoms with Crippen molar-refractivity contribution < 1.29 is 4.74 Å². The van der Waals surface area contributed by atoms with Crippen LogP contribution >= 0.6 is 0 Å². The van der Waals surface area contributed by atoms with Crippen LogP contribution in [0.5, 0.6) is 5.75 Å². The van der Waals surface area contributed by atoms with Gasteiger partial charge in [-0.3, -0.25) is 0 Å². The number of nitrogens with two attached hydrogens (primary N) is 1. The number of methoxy groups -OCH3 is 1. The minimum atomic E-state index is 0.466. The van der Waals surface area contributed by atoms with Crippen molar-refractivity contribution >= 4 is 16.6 Å². The summed E-state index contributed by atoms with van der Waals surface area (Å²) in [5.74, 6) is 1.89. The quantitative estimate of drug-likeness (QED) is 0.849. The second-order valence-electron chi connectivity index (χ2n) is 5.17. The summed E-state index contributed by atoms with van der Waals surface area (Å²) in [4.78, 5) is 6.97. The number of hydrogen-bond donors (Lipinski definition) is 1. The van der Waals surface area contributed by atoms with Crippen LogP contribution in [-0.4, -0.2) is 31.2 Å². The number of fused-ring (bicyclic) bond motifs is 1. The van der Waals surface area contributed by atoms with E-state index < -0.39 is 0 Å². The molecule has 1 heterocycles. The normalized spacial score (nSPS) is 11.1. The molecular formula is C17H25N3O. The maximum Gasteiger partial charge on any atom is 0.136 e. The Morgan fingerprint density at radius 3 is 2.62 bits per heavy atom. The molecule has 0 amide bonds. The zero-order chi connectivity index (χ0) is 15.2. The maximum absolute atomic E-state index is 5.81. The van der Waals surface area contributed by atoms with Gasteiger partial charge in [0.2, 0.25) is 0 Å². The predicted octanol–water partition coefficient (Wildman–Crippen LogP) is 3.20. The van der Waals surface area contributed by atoms with Crippen molar-refractivity contribution in [2.45, 2.75) is 32.7 Å². The molecule has 2 aromatic rings. The van der Waals surface area contributed by atoms with Crippen molar-refractivity contribution in [3.05, 3.63) is 30.5 Å². The highest BCUT2D eigenvalue weighted by molar-refractivity contribution is 5.93. The van der Waals surface area contributed by atoms with Gasteiger partial charge in [0.25, 0.3) is 0 Å². The zero-order valence-electron chi connectivity index (χ0n) is 13.2. The Kier molecular flexibility index (Phi) is 5.39. The molecule has 0 aliphatic carbocycles. The smallest absolute Gasteiger partial charge is 0.136 e. The lowest BCUT2D eigenvalue weighted by molar-refractivity contribution is 0.415. The van der Waals surface area contributed by atoms with Crippen molar-refractivity contribution in [3.63, 3.8) is 0 Å². The van der Waals surface area contributed by atoms with E-state index in [1.165, 1.54) is 0 Å². The molecule has 114 valence electrons. The number of aromatic nitrogens is 1. The Morgan fingerprint density at radius 2 is 2.00 bits per heavy atom. The molecule has 0 aliphatic rings. The van der Waals surface area contributed by atoms with Gasteiger partial charge in [0, 0.05) is 30.7 Å². The third-order valence-corrected chi connectivity index (χ3v) is 3.98. The standard InChI is InChI=1S/C17H25N3O/c1-4-14(5-2)20(11-9-18)17-16-7-6-15(21-3)12-13(16)8-10-19-17/h6-8,10,12,14H,4-5,9,11,18H2,1-3H3. The van der Waals surface area contributed by atoms with Gasteiger partial charge >= 0.3 is 0 Å². The van der Waals surface area contributed by atoms with Gasteiger partial charge in [0.15, 0.2) is 0 Å². The maximum atomic E-state index is 5.81. The Balaban J connectivity index is 2.51. The fraction of sp³-hybridized carbons (Fsp3) is 0.471. The van der Waals surface area contributed by atoms with Crippen LogP contribution in [-0.2, 0) is 0 Å². The monoisotopic (exact) mass is 287 g/mol. The van der Waals surface area contributed by atoms with Crippen molar-refractivity contribution in [3.8, 4) is 5.75 Å². The van der Waals surface area contributed by atoms with Crippen molar-refractivity contribution in [1.29, 1.82) is 0 Å². The van der Waals surface area contributed by atoms with E-state index in [0.29, 0.717) is 12.6 Å². The average Bonchev–Trinajstić information content (AvgIpc) is 2.54. The summed E-state index contributed by atoms with van der Waals surface area (Å²) in [5, 5.41) is 2.30. The van der Waals surface area contributed by atoms with E-state index in [1.807, 2.05) is 24.4 Å². The van der Waals surface area contributed by atoms with Crippen LogP contribution in [0.2, 0.25) is 0 Å². The van der Waals surface area contributed by atoms with Gasteiger partial charge < -0.3 is 15.4 Å². The van der Waals surface area contributed by atoms with Gasteiger partial charge in [-0.15, -0.1) is 0 Å². The topological polar surface area (TPSA) is 51.4 Å². The van der Waals surface area contributed by atoms with Crippen LogP contribution < -0.4 is 15.4 Å². The summed E-state index contributed by atoms with van der Waals surface area (Å²) in [6, 6.07) is 8.61. The molecule has 0 saturated heterocycles. The van der Waals surface area contributed by atoms with Crippen LogP contribution in [0.25, 0.3) is 10.8 Å². The molecule has 0 saturated carbocycles. The fourth-order valence-electron chi connectivity index (χ4n) is 2.83. The van der Waals surface area contributed by atoms with E-state index in [9.17, 15) is 0 Å². The van der Waals surface area contributed by atoms with E-state index in [1.54, 1.807) is 7.11 Å². The molecule has 4 heteroatoms. The third-order valence-electron chi connectivity index (χ3n) is 3.98. The van der Waals surface area contributed by atoms with Crippen molar-refractivity contribution in [2.24, 2.45) is 5.73 Å². The zero-order valence-corrected chi connectivity index (χ0v) is 13.2. The van der Waals surface area contributed by atoms with Crippen molar-refractivity contribution in [1.82, 2.24) is 4.98 Å². The summed E-state index contributed by atoms with van der Waals surface area (Å²) in [5.41, 5.74) is 5.81. The number of pyridine rings is 1. The summed E-state index contributed by atoms with van der Waals surface area (Å²) in [7, 11) is 1.69. The Morgan fingerprint density at radius 1 is 1.24 bits per heavy atom. The van der Waals surface area contributed by atoms with E-state index in [0.717, 1.165) is 41.7 Å². The van der Waals surface area contributed by atoms with Crippen molar-refractivity contribution in [2.75, 3.05) is 25.1 Å². The molecule has 0 spiro atoms. The molecule has 21 heavy (non-hydrogen) atoms. The average molecular weight is 287 g/mol. The molecule has 0 atom stereocenters. The molecule has 0 fully saturated rings. The number of nitrogens with zero attached hydrogens (tertiary/aromatic N) is 2. The molecule has 0 radical (unpaired) electrons. The summed E-state index contributed by atoms with van der Waals surface area (Å²) < 4.78 is 5.31. The van der Waals surface area contributed by atoms with Crippen LogP contribution in [0.4, 0.5) is 5.82 Å². The summed E-state index contributed by atoms with van der Waals surface area (Å²) in [6.45, 7) is 5.88. The molecule has 0 aliphatic heterocycles. The van der Waals surface area contributed by atoms with Crippen LogP contribution in [0.15, 0.2) is 30.5 Å². The largest absolute Gasteiger partial charge is 0.497 e. The first-order valence-corrected chi connectivity index (χ1v) is 7.64. The number of ether oxygens (including phenoxy) is 1.